The third-order valence-electron chi connectivity index (χ3n) is 6.95. The molecule has 0 aliphatic heterocycles. The number of carbonyl (C=O) groups excluding carboxylic acids is 2. The Morgan fingerprint density at radius 1 is 0.929 bits per heavy atom. The number of hydrogen-bond donors (Lipinski definition) is 4. The number of ether oxygens (including phenoxy) is 2. The van der Waals surface area contributed by atoms with Crippen LogP contribution in [-0.4, -0.2) is 36.1 Å². The van der Waals surface area contributed by atoms with Crippen molar-refractivity contribution >= 4 is 34.1 Å². The molecule has 0 unspecified atom stereocenters. The number of carbonyl (C=O) groups is 2. The summed E-state index contributed by atoms with van der Waals surface area (Å²) in [5, 5.41) is 7.33. The number of pyridine rings is 1. The van der Waals surface area contributed by atoms with Crippen LogP contribution < -0.4 is 31.6 Å². The molecule has 42 heavy (non-hydrogen) atoms. The van der Waals surface area contributed by atoms with E-state index in [2.05, 4.69) is 22.5 Å². The van der Waals surface area contributed by atoms with Gasteiger partial charge >= 0.3 is 0 Å². The maximum absolute atomic E-state index is 12.8. The molecule has 1 aromatic heterocycles. The molecule has 2 amide bonds. The number of benzene rings is 3. The number of nitrogens with one attached hydrogen (secondary N) is 2. The van der Waals surface area contributed by atoms with Crippen molar-refractivity contribution in [3.8, 4) is 11.5 Å². The third kappa shape index (κ3) is 7.36. The van der Waals surface area contributed by atoms with Gasteiger partial charge in [-0.05, 0) is 55.5 Å². The van der Waals surface area contributed by atoms with Crippen LogP contribution in [0.15, 0.2) is 66.9 Å². The maximum Gasteiger partial charge on any atom is 0.237 e. The van der Waals surface area contributed by atoms with Crippen molar-refractivity contribution in [2.45, 2.75) is 52.6 Å². The van der Waals surface area contributed by atoms with E-state index >= 15 is 0 Å². The summed E-state index contributed by atoms with van der Waals surface area (Å²) < 4.78 is 11.7. The van der Waals surface area contributed by atoms with E-state index in [1.807, 2.05) is 74.5 Å². The van der Waals surface area contributed by atoms with Gasteiger partial charge in [-0.3, -0.25) is 14.6 Å². The van der Waals surface area contributed by atoms with E-state index in [-0.39, 0.29) is 12.3 Å². The van der Waals surface area contributed by atoms with Gasteiger partial charge < -0.3 is 31.6 Å². The van der Waals surface area contributed by atoms with Crippen LogP contribution in [0.1, 0.15) is 43.0 Å². The molecule has 0 saturated heterocycles. The molecule has 9 heteroatoms. The van der Waals surface area contributed by atoms with Crippen molar-refractivity contribution in [3.63, 3.8) is 0 Å². The highest BCUT2D eigenvalue weighted by Gasteiger charge is 2.19. The van der Waals surface area contributed by atoms with Gasteiger partial charge in [0.2, 0.25) is 11.8 Å². The summed E-state index contributed by atoms with van der Waals surface area (Å²) in [5.74, 6) is 0.517. The van der Waals surface area contributed by atoms with Crippen molar-refractivity contribution < 1.29 is 19.1 Å². The lowest BCUT2D eigenvalue weighted by Gasteiger charge is -2.20. The third-order valence-corrected chi connectivity index (χ3v) is 6.95. The monoisotopic (exact) mass is 569 g/mol. The molecule has 6 N–H and O–H groups in total. The Hall–Kier alpha value is -4.63. The topological polar surface area (TPSA) is 142 Å². The first kappa shape index (κ1) is 30.3. The number of rotatable bonds is 14. The van der Waals surface area contributed by atoms with Crippen molar-refractivity contribution in [2.24, 2.45) is 11.5 Å². The Kier molecular flexibility index (Phi) is 10.3. The zero-order chi connectivity index (χ0) is 30.1. The molecule has 0 bridgehead atoms. The predicted octanol–water partition coefficient (Wildman–Crippen LogP) is 4.55. The van der Waals surface area contributed by atoms with Gasteiger partial charge in [0.1, 0.15) is 0 Å². The molecule has 1 heterocycles. The summed E-state index contributed by atoms with van der Waals surface area (Å²) in [6.07, 6.45) is 2.84. The van der Waals surface area contributed by atoms with Crippen molar-refractivity contribution in [1.29, 1.82) is 0 Å². The van der Waals surface area contributed by atoms with Crippen LogP contribution in [0.4, 0.5) is 11.4 Å². The van der Waals surface area contributed by atoms with E-state index < -0.39 is 11.9 Å². The largest absolute Gasteiger partial charge is 0.490 e. The summed E-state index contributed by atoms with van der Waals surface area (Å²) in [6.45, 7) is 7.16. The zero-order valence-corrected chi connectivity index (χ0v) is 24.4. The van der Waals surface area contributed by atoms with Gasteiger partial charge in [-0.25, -0.2) is 0 Å². The number of aromatic nitrogens is 1. The molecule has 4 rings (SSSR count). The van der Waals surface area contributed by atoms with Crippen LogP contribution in [0.2, 0.25) is 0 Å². The second-order valence-corrected chi connectivity index (χ2v) is 9.92. The van der Waals surface area contributed by atoms with Crippen LogP contribution in [-0.2, 0) is 35.4 Å². The van der Waals surface area contributed by atoms with Crippen molar-refractivity contribution in [1.82, 2.24) is 10.3 Å². The number of nitrogens with two attached hydrogens (primary N) is 2. The first-order chi connectivity index (χ1) is 20.3. The van der Waals surface area contributed by atoms with Crippen LogP contribution in [0.25, 0.3) is 10.9 Å². The normalized spacial score (nSPS) is 11.6. The average molecular weight is 570 g/mol. The highest BCUT2D eigenvalue weighted by atomic mass is 16.5. The fraction of sp³-hybridized carbons (Fsp3) is 0.303. The number of nitrogens with zero attached hydrogens (tertiary/aromatic N) is 1. The lowest BCUT2D eigenvalue weighted by atomic mass is 10.0. The SMILES string of the molecule is CCOc1cc2ncc(CC(N)=O)c(Nc3cccc(CNC(=O)[C@H](N)Cc4ccccc4)c3CC)c2cc1OCC. The molecule has 0 spiro atoms. The lowest BCUT2D eigenvalue weighted by molar-refractivity contribution is -0.122. The molecular formula is C33H39N5O4. The molecule has 4 aromatic rings. The zero-order valence-electron chi connectivity index (χ0n) is 24.4. The molecule has 3 aromatic carbocycles. The molecular weight excluding hydrogens is 530 g/mol. The minimum atomic E-state index is -0.653. The Bertz CT molecular complexity index is 1540. The summed E-state index contributed by atoms with van der Waals surface area (Å²) in [7, 11) is 0. The van der Waals surface area contributed by atoms with E-state index in [0.717, 1.165) is 27.8 Å². The van der Waals surface area contributed by atoms with Crippen LogP contribution in [0.3, 0.4) is 0 Å². The van der Waals surface area contributed by atoms with E-state index in [1.165, 1.54) is 0 Å². The number of hydrogen-bond acceptors (Lipinski definition) is 7. The molecule has 0 radical (unpaired) electrons. The maximum atomic E-state index is 12.8. The van der Waals surface area contributed by atoms with E-state index in [0.29, 0.717) is 60.9 Å². The van der Waals surface area contributed by atoms with Crippen LogP contribution in [0.5, 0.6) is 11.5 Å². The first-order valence-corrected chi connectivity index (χ1v) is 14.3. The van der Waals surface area contributed by atoms with Gasteiger partial charge in [-0.15, -0.1) is 0 Å². The molecule has 0 fully saturated rings. The average Bonchev–Trinajstić information content (AvgIpc) is 2.98. The Balaban J connectivity index is 1.65. The van der Waals surface area contributed by atoms with Gasteiger partial charge in [-0.1, -0.05) is 49.4 Å². The fourth-order valence-electron chi connectivity index (χ4n) is 4.99. The molecule has 1 atom stereocenters. The summed E-state index contributed by atoms with van der Waals surface area (Å²) in [5.41, 5.74) is 17.7. The highest BCUT2D eigenvalue weighted by Crippen LogP contribution is 2.38. The minimum absolute atomic E-state index is 0.0129. The van der Waals surface area contributed by atoms with Gasteiger partial charge in [0.05, 0.1) is 36.9 Å². The van der Waals surface area contributed by atoms with Gasteiger partial charge in [-0.2, -0.15) is 0 Å². The Labute approximate surface area is 246 Å². The molecule has 9 nitrogen and oxygen atoms in total. The Morgan fingerprint density at radius 2 is 1.64 bits per heavy atom. The molecule has 0 aliphatic carbocycles. The standard InChI is InChI=1S/C33H39N5O4/c1-4-24-22(19-37-33(40)26(34)15-21-11-8-7-9-12-21)13-10-14-27(24)38-32-23(16-31(35)39)20-36-28-18-30(42-6-3)29(41-5-2)17-25(28)32/h7-14,17-18,20,26H,4-6,15-16,19,34H2,1-3H3,(H2,35,39)(H,36,38)(H,37,40)/t26-/m1/s1. The van der Waals surface area contributed by atoms with Crippen molar-refractivity contribution in [3.05, 3.63) is 89.1 Å². The minimum Gasteiger partial charge on any atom is -0.490 e. The summed E-state index contributed by atoms with van der Waals surface area (Å²) in [6, 6.07) is 18.7. The van der Waals surface area contributed by atoms with E-state index in [4.69, 9.17) is 20.9 Å². The lowest BCUT2D eigenvalue weighted by Crippen LogP contribution is -2.41. The molecule has 0 saturated carbocycles. The number of anilines is 2. The van der Waals surface area contributed by atoms with Crippen molar-refractivity contribution in [2.75, 3.05) is 18.5 Å². The van der Waals surface area contributed by atoms with E-state index in [1.54, 1.807) is 6.20 Å². The fourth-order valence-corrected chi connectivity index (χ4v) is 4.99. The summed E-state index contributed by atoms with van der Waals surface area (Å²) >= 11 is 0. The molecule has 220 valence electrons. The Morgan fingerprint density at radius 3 is 2.31 bits per heavy atom. The van der Waals surface area contributed by atoms with Gasteiger partial charge in [0.25, 0.3) is 0 Å². The quantitative estimate of drug-likeness (QED) is 0.175. The summed E-state index contributed by atoms with van der Waals surface area (Å²) in [4.78, 5) is 29.4. The van der Waals surface area contributed by atoms with Gasteiger partial charge in [0, 0.05) is 35.4 Å². The number of amides is 2. The highest BCUT2D eigenvalue weighted by molar-refractivity contribution is 5.98. The predicted molar refractivity (Wildman–Crippen MR) is 166 cm³/mol. The second kappa shape index (κ2) is 14.3. The smallest absolute Gasteiger partial charge is 0.237 e. The number of fused-ring (bicyclic) bond motifs is 1. The van der Waals surface area contributed by atoms with E-state index in [9.17, 15) is 9.59 Å². The second-order valence-electron chi connectivity index (χ2n) is 9.92. The van der Waals surface area contributed by atoms with Crippen LogP contribution in [0, 0.1) is 0 Å². The van der Waals surface area contributed by atoms with Crippen LogP contribution >= 0.6 is 0 Å². The van der Waals surface area contributed by atoms with Gasteiger partial charge in [0.15, 0.2) is 11.5 Å². The number of primary amides is 1. The first-order valence-electron chi connectivity index (χ1n) is 14.3. The molecule has 0 aliphatic rings.